The van der Waals surface area contributed by atoms with Crippen molar-refractivity contribution in [1.82, 2.24) is 24.6 Å². The first-order chi connectivity index (χ1) is 14.5. The van der Waals surface area contributed by atoms with E-state index in [1.54, 1.807) is 0 Å². The van der Waals surface area contributed by atoms with Crippen molar-refractivity contribution in [3.63, 3.8) is 0 Å². The SMILES string of the molecule is Cc1c[nH]c2ncc(-c3cc(C4CN(C5COC5)C4)n(C4CCC(F)(F)C4)n3)cc12. The number of nitrogens with one attached hydrogen (secondary N) is 1. The van der Waals surface area contributed by atoms with Crippen LogP contribution in [0.2, 0.25) is 0 Å². The second-order valence-corrected chi connectivity index (χ2v) is 9.09. The molecule has 8 heteroatoms. The molecular weight excluding hydrogens is 388 g/mol. The molecule has 0 aromatic carbocycles. The normalized spacial score (nSPS) is 25.0. The molecule has 3 aromatic heterocycles. The van der Waals surface area contributed by atoms with Crippen LogP contribution in [0.3, 0.4) is 0 Å². The van der Waals surface area contributed by atoms with Gasteiger partial charge in [-0.1, -0.05) is 0 Å². The smallest absolute Gasteiger partial charge is 0.250 e. The lowest BCUT2D eigenvalue weighted by Crippen LogP contribution is -2.58. The number of fused-ring (bicyclic) bond motifs is 1. The summed E-state index contributed by atoms with van der Waals surface area (Å²) in [5.74, 6) is -2.27. The summed E-state index contributed by atoms with van der Waals surface area (Å²) < 4.78 is 35.1. The van der Waals surface area contributed by atoms with E-state index >= 15 is 0 Å². The number of likely N-dealkylation sites (tertiary alicyclic amines) is 1. The first-order valence-electron chi connectivity index (χ1n) is 10.7. The number of nitrogens with zero attached hydrogens (tertiary/aromatic N) is 4. The minimum absolute atomic E-state index is 0.0570. The van der Waals surface area contributed by atoms with Gasteiger partial charge in [-0.15, -0.1) is 0 Å². The first-order valence-corrected chi connectivity index (χ1v) is 10.7. The van der Waals surface area contributed by atoms with Gasteiger partial charge in [0.15, 0.2) is 0 Å². The predicted octanol–water partition coefficient (Wildman–Crippen LogP) is 3.89. The Hall–Kier alpha value is -2.32. The average molecular weight is 413 g/mol. The molecule has 0 amide bonds. The zero-order chi connectivity index (χ0) is 20.5. The molecule has 30 heavy (non-hydrogen) atoms. The molecule has 6 nitrogen and oxygen atoms in total. The monoisotopic (exact) mass is 413 g/mol. The molecule has 3 aliphatic rings. The molecule has 1 saturated carbocycles. The van der Waals surface area contributed by atoms with E-state index in [1.165, 1.54) is 0 Å². The number of aromatic nitrogens is 4. The van der Waals surface area contributed by atoms with Crippen molar-refractivity contribution < 1.29 is 13.5 Å². The van der Waals surface area contributed by atoms with Gasteiger partial charge in [0, 0.05) is 60.9 Å². The molecule has 1 unspecified atom stereocenters. The Morgan fingerprint density at radius 2 is 2.03 bits per heavy atom. The van der Waals surface area contributed by atoms with Crippen molar-refractivity contribution in [2.75, 3.05) is 26.3 Å². The second kappa shape index (κ2) is 6.59. The molecule has 1 aliphatic carbocycles. The lowest BCUT2D eigenvalue weighted by atomic mass is 9.92. The summed E-state index contributed by atoms with van der Waals surface area (Å²) in [6, 6.07) is 4.46. The number of halogens is 2. The molecular formula is C22H25F2N5O. The second-order valence-electron chi connectivity index (χ2n) is 9.09. The molecule has 1 atom stereocenters. The Morgan fingerprint density at radius 3 is 2.73 bits per heavy atom. The summed E-state index contributed by atoms with van der Waals surface area (Å²) >= 11 is 0. The van der Waals surface area contributed by atoms with Gasteiger partial charge in [0.1, 0.15) is 5.65 Å². The molecule has 3 fully saturated rings. The van der Waals surface area contributed by atoms with Crippen molar-refractivity contribution >= 4 is 11.0 Å². The van der Waals surface area contributed by atoms with Gasteiger partial charge >= 0.3 is 0 Å². The molecule has 0 bridgehead atoms. The fourth-order valence-corrected chi connectivity index (χ4v) is 4.99. The van der Waals surface area contributed by atoms with Crippen molar-refractivity contribution in [3.8, 4) is 11.3 Å². The highest BCUT2D eigenvalue weighted by molar-refractivity contribution is 5.83. The van der Waals surface area contributed by atoms with Crippen molar-refractivity contribution in [3.05, 3.63) is 35.8 Å². The van der Waals surface area contributed by atoms with Crippen LogP contribution in [-0.4, -0.2) is 62.9 Å². The van der Waals surface area contributed by atoms with Gasteiger partial charge in [-0.2, -0.15) is 5.10 Å². The molecule has 158 valence electrons. The predicted molar refractivity (Wildman–Crippen MR) is 109 cm³/mol. The molecule has 3 aromatic rings. The number of pyridine rings is 1. The number of alkyl halides is 2. The summed E-state index contributed by atoms with van der Waals surface area (Å²) in [5, 5.41) is 5.91. The van der Waals surface area contributed by atoms with Crippen LogP contribution in [0.5, 0.6) is 0 Å². The minimum Gasteiger partial charge on any atom is -0.378 e. The Kier molecular flexibility index (Phi) is 4.05. The van der Waals surface area contributed by atoms with Gasteiger partial charge in [-0.3, -0.25) is 9.58 Å². The Labute approximate surface area is 173 Å². The highest BCUT2D eigenvalue weighted by Gasteiger charge is 2.43. The highest BCUT2D eigenvalue weighted by Crippen LogP contribution is 2.44. The van der Waals surface area contributed by atoms with E-state index in [0.29, 0.717) is 18.4 Å². The lowest BCUT2D eigenvalue weighted by molar-refractivity contribution is -0.0914. The molecule has 0 radical (unpaired) electrons. The fraction of sp³-hybridized carbons (Fsp3) is 0.545. The van der Waals surface area contributed by atoms with Crippen LogP contribution in [0.4, 0.5) is 8.78 Å². The van der Waals surface area contributed by atoms with Crippen LogP contribution in [0, 0.1) is 6.92 Å². The number of aromatic amines is 1. The summed E-state index contributed by atoms with van der Waals surface area (Å²) in [6.07, 6.45) is 4.05. The molecule has 5 heterocycles. The van der Waals surface area contributed by atoms with Gasteiger partial charge in [0.25, 0.3) is 0 Å². The molecule has 0 spiro atoms. The third-order valence-corrected chi connectivity index (χ3v) is 6.99. The number of hydrogen-bond acceptors (Lipinski definition) is 4. The summed E-state index contributed by atoms with van der Waals surface area (Å²) in [6.45, 7) is 5.52. The van der Waals surface area contributed by atoms with E-state index in [9.17, 15) is 8.78 Å². The summed E-state index contributed by atoms with van der Waals surface area (Å²) in [4.78, 5) is 10.1. The molecule has 2 aliphatic heterocycles. The maximum Gasteiger partial charge on any atom is 0.250 e. The number of ether oxygens (including phenoxy) is 1. The average Bonchev–Trinajstić information content (AvgIpc) is 3.33. The van der Waals surface area contributed by atoms with Gasteiger partial charge < -0.3 is 9.72 Å². The maximum absolute atomic E-state index is 14.0. The minimum atomic E-state index is -2.59. The number of H-pyrrole nitrogens is 1. The quantitative estimate of drug-likeness (QED) is 0.705. The van der Waals surface area contributed by atoms with E-state index < -0.39 is 5.92 Å². The first kappa shape index (κ1) is 18.4. The van der Waals surface area contributed by atoms with E-state index in [-0.39, 0.29) is 18.9 Å². The van der Waals surface area contributed by atoms with Gasteiger partial charge in [-0.25, -0.2) is 13.8 Å². The van der Waals surface area contributed by atoms with Crippen LogP contribution < -0.4 is 0 Å². The van der Waals surface area contributed by atoms with E-state index in [2.05, 4.69) is 27.0 Å². The molecule has 6 rings (SSSR count). The summed E-state index contributed by atoms with van der Waals surface area (Å²) in [5.41, 5.74) is 4.81. The van der Waals surface area contributed by atoms with E-state index in [0.717, 1.165) is 59.9 Å². The highest BCUT2D eigenvalue weighted by atomic mass is 19.3. The zero-order valence-electron chi connectivity index (χ0n) is 16.9. The van der Waals surface area contributed by atoms with E-state index in [4.69, 9.17) is 9.84 Å². The molecule has 2 saturated heterocycles. The van der Waals surface area contributed by atoms with Crippen LogP contribution in [0.1, 0.15) is 42.5 Å². The summed E-state index contributed by atoms with van der Waals surface area (Å²) in [7, 11) is 0. The van der Waals surface area contributed by atoms with Crippen molar-refractivity contribution in [1.29, 1.82) is 0 Å². The lowest BCUT2D eigenvalue weighted by Gasteiger charge is -2.47. The van der Waals surface area contributed by atoms with Crippen LogP contribution >= 0.6 is 0 Å². The van der Waals surface area contributed by atoms with Crippen molar-refractivity contribution in [2.24, 2.45) is 0 Å². The third kappa shape index (κ3) is 2.96. The van der Waals surface area contributed by atoms with Gasteiger partial charge in [-0.05, 0) is 31.0 Å². The number of aryl methyl sites for hydroxylation is 1. The maximum atomic E-state index is 14.0. The third-order valence-electron chi connectivity index (χ3n) is 6.99. The Morgan fingerprint density at radius 1 is 1.20 bits per heavy atom. The van der Waals surface area contributed by atoms with Gasteiger partial charge in [0.2, 0.25) is 5.92 Å². The van der Waals surface area contributed by atoms with Crippen LogP contribution in [-0.2, 0) is 4.74 Å². The van der Waals surface area contributed by atoms with Crippen LogP contribution in [0.15, 0.2) is 24.5 Å². The number of hydrogen-bond donors (Lipinski definition) is 1. The van der Waals surface area contributed by atoms with Crippen LogP contribution in [0.25, 0.3) is 22.3 Å². The van der Waals surface area contributed by atoms with E-state index in [1.807, 2.05) is 24.0 Å². The number of rotatable bonds is 4. The fourth-order valence-electron chi connectivity index (χ4n) is 4.99. The van der Waals surface area contributed by atoms with Crippen molar-refractivity contribution in [2.45, 2.75) is 50.1 Å². The zero-order valence-corrected chi connectivity index (χ0v) is 16.9. The largest absolute Gasteiger partial charge is 0.378 e. The van der Waals surface area contributed by atoms with Gasteiger partial charge in [0.05, 0.1) is 31.0 Å². The topological polar surface area (TPSA) is 59.0 Å². The Bertz CT molecular complexity index is 1100. The Balaban J connectivity index is 1.35. The standard InChI is InChI=1S/C22H25F2N5O/c1-13-7-25-21-18(13)4-14(8-26-21)19-5-20(15-9-28(10-15)17-11-30-12-17)29(27-19)16-2-3-22(23,24)6-16/h4-5,7-8,15-17H,2-3,6,9-12H2,1H3,(H,25,26). The molecule has 1 N–H and O–H groups in total.